The average molecular weight is 270 g/mol. The molecule has 0 bridgehead atoms. The van der Waals surface area contributed by atoms with Gasteiger partial charge in [-0.25, -0.2) is 4.79 Å². The van der Waals surface area contributed by atoms with Gasteiger partial charge in [0.25, 0.3) is 5.91 Å². The predicted octanol–water partition coefficient (Wildman–Crippen LogP) is 1.56. The fraction of sp³-hybridized carbons (Fsp3) is 0.167. The first-order valence-corrected chi connectivity index (χ1v) is 5.44. The summed E-state index contributed by atoms with van der Waals surface area (Å²) in [4.78, 5) is 21.3. The van der Waals surface area contributed by atoms with Crippen LogP contribution in [0.1, 0.15) is 5.56 Å². The molecule has 0 fully saturated rings. The lowest BCUT2D eigenvalue weighted by Gasteiger charge is -2.07. The fourth-order valence-electron chi connectivity index (χ4n) is 1.12. The zero-order chi connectivity index (χ0) is 13.5. The Bertz CT molecular complexity index is 485. The number of carbonyl (C=O) groups excluding carboxylic acids is 1. The van der Waals surface area contributed by atoms with Crippen molar-refractivity contribution in [1.29, 1.82) is 0 Å². The topological polar surface area (TPSA) is 75.6 Å². The molecule has 0 heterocycles. The zero-order valence-electron chi connectivity index (χ0n) is 9.64. The van der Waals surface area contributed by atoms with Gasteiger partial charge in [0.2, 0.25) is 0 Å². The van der Waals surface area contributed by atoms with Gasteiger partial charge in [0.05, 0.1) is 5.02 Å². The van der Waals surface area contributed by atoms with Crippen LogP contribution >= 0.6 is 11.6 Å². The average Bonchev–Trinajstić information content (AvgIpc) is 2.34. The molecule has 0 aromatic heterocycles. The molecular formula is C12H12ClNO4. The van der Waals surface area contributed by atoms with Crippen molar-refractivity contribution in [2.24, 2.45) is 0 Å². The van der Waals surface area contributed by atoms with Crippen molar-refractivity contribution in [1.82, 2.24) is 5.32 Å². The van der Waals surface area contributed by atoms with E-state index in [1.165, 1.54) is 13.1 Å². The molecule has 0 unspecified atom stereocenters. The fourth-order valence-corrected chi connectivity index (χ4v) is 1.36. The van der Waals surface area contributed by atoms with Crippen molar-refractivity contribution in [3.63, 3.8) is 0 Å². The molecule has 1 aromatic rings. The summed E-state index contributed by atoms with van der Waals surface area (Å²) >= 11 is 5.93. The van der Waals surface area contributed by atoms with Crippen LogP contribution in [0.4, 0.5) is 0 Å². The van der Waals surface area contributed by atoms with Gasteiger partial charge in [-0.2, -0.15) is 0 Å². The van der Waals surface area contributed by atoms with Gasteiger partial charge in [0.15, 0.2) is 6.61 Å². The van der Waals surface area contributed by atoms with Gasteiger partial charge in [-0.1, -0.05) is 17.7 Å². The summed E-state index contributed by atoms with van der Waals surface area (Å²) in [5.41, 5.74) is 0.634. The van der Waals surface area contributed by atoms with E-state index in [0.29, 0.717) is 16.3 Å². The van der Waals surface area contributed by atoms with Crippen molar-refractivity contribution in [2.75, 3.05) is 13.7 Å². The van der Waals surface area contributed by atoms with E-state index in [-0.39, 0.29) is 12.5 Å². The Labute approximate surface area is 109 Å². The summed E-state index contributed by atoms with van der Waals surface area (Å²) in [7, 11) is 1.51. The Morgan fingerprint density at radius 2 is 2.22 bits per heavy atom. The molecule has 1 amide bonds. The predicted molar refractivity (Wildman–Crippen MR) is 67.7 cm³/mol. The molecule has 1 rings (SSSR count). The Balaban J connectivity index is 2.73. The van der Waals surface area contributed by atoms with Crippen molar-refractivity contribution in [3.05, 3.63) is 34.9 Å². The van der Waals surface area contributed by atoms with E-state index in [9.17, 15) is 9.59 Å². The summed E-state index contributed by atoms with van der Waals surface area (Å²) in [6, 6.07) is 4.78. The number of aliphatic carboxylic acids is 1. The number of hydrogen-bond acceptors (Lipinski definition) is 3. The Hall–Kier alpha value is -2.01. The Morgan fingerprint density at radius 1 is 1.50 bits per heavy atom. The highest BCUT2D eigenvalue weighted by Crippen LogP contribution is 2.25. The van der Waals surface area contributed by atoms with Crippen molar-refractivity contribution >= 4 is 29.6 Å². The Kier molecular flexibility index (Phi) is 5.20. The van der Waals surface area contributed by atoms with E-state index >= 15 is 0 Å². The smallest absolute Gasteiger partial charge is 0.328 e. The number of hydrogen-bond donors (Lipinski definition) is 2. The van der Waals surface area contributed by atoms with Gasteiger partial charge in [-0.05, 0) is 23.8 Å². The van der Waals surface area contributed by atoms with E-state index in [4.69, 9.17) is 21.4 Å². The number of ether oxygens (including phenoxy) is 1. The molecule has 0 saturated heterocycles. The highest BCUT2D eigenvalue weighted by atomic mass is 35.5. The lowest BCUT2D eigenvalue weighted by atomic mass is 10.2. The SMILES string of the molecule is CNC(=O)COc1ccc(C=CC(=O)O)cc1Cl. The lowest BCUT2D eigenvalue weighted by Crippen LogP contribution is -2.24. The number of likely N-dealkylation sites (N-methyl/N-ethyl adjacent to an activating group) is 1. The number of benzene rings is 1. The highest BCUT2D eigenvalue weighted by Gasteiger charge is 2.04. The molecule has 0 atom stereocenters. The normalized spacial score (nSPS) is 10.3. The van der Waals surface area contributed by atoms with Gasteiger partial charge >= 0.3 is 5.97 Å². The molecular weight excluding hydrogens is 258 g/mol. The van der Waals surface area contributed by atoms with Crippen LogP contribution in [-0.4, -0.2) is 30.6 Å². The number of amides is 1. The number of nitrogens with one attached hydrogen (secondary N) is 1. The number of halogens is 1. The van der Waals surface area contributed by atoms with E-state index in [1.807, 2.05) is 0 Å². The number of rotatable bonds is 5. The number of carboxylic acid groups (broad SMARTS) is 1. The van der Waals surface area contributed by atoms with Gasteiger partial charge in [0, 0.05) is 13.1 Å². The van der Waals surface area contributed by atoms with E-state index in [2.05, 4.69) is 5.32 Å². The molecule has 96 valence electrons. The largest absolute Gasteiger partial charge is 0.482 e. The Morgan fingerprint density at radius 3 is 2.78 bits per heavy atom. The third-order valence-corrected chi connectivity index (χ3v) is 2.31. The lowest BCUT2D eigenvalue weighted by molar-refractivity contribution is -0.131. The summed E-state index contributed by atoms with van der Waals surface area (Å²) in [5.74, 6) is -0.931. The molecule has 5 nitrogen and oxygen atoms in total. The molecule has 6 heteroatoms. The standard InChI is InChI=1S/C12H12ClNO4/c1-14-11(15)7-18-10-4-2-8(6-9(10)13)3-5-12(16)17/h2-6H,7H2,1H3,(H,14,15)(H,16,17). The van der Waals surface area contributed by atoms with E-state index < -0.39 is 5.97 Å². The zero-order valence-corrected chi connectivity index (χ0v) is 10.4. The van der Waals surface area contributed by atoms with Crippen LogP contribution in [-0.2, 0) is 9.59 Å². The van der Waals surface area contributed by atoms with Gasteiger partial charge in [-0.3, -0.25) is 4.79 Å². The van der Waals surface area contributed by atoms with Gasteiger partial charge < -0.3 is 15.2 Å². The first-order valence-electron chi connectivity index (χ1n) is 5.07. The third kappa shape index (κ3) is 4.47. The third-order valence-electron chi connectivity index (χ3n) is 2.01. The monoisotopic (exact) mass is 269 g/mol. The maximum Gasteiger partial charge on any atom is 0.328 e. The van der Waals surface area contributed by atoms with Crippen molar-refractivity contribution in [2.45, 2.75) is 0 Å². The molecule has 0 saturated carbocycles. The second-order valence-electron chi connectivity index (χ2n) is 3.32. The number of carbonyl (C=O) groups is 2. The first-order chi connectivity index (χ1) is 8.52. The van der Waals surface area contributed by atoms with Crippen molar-refractivity contribution in [3.8, 4) is 5.75 Å². The summed E-state index contributed by atoms with van der Waals surface area (Å²) in [6.45, 7) is -0.124. The summed E-state index contributed by atoms with van der Waals surface area (Å²) in [5, 5.41) is 11.2. The quantitative estimate of drug-likeness (QED) is 0.796. The maximum absolute atomic E-state index is 11.0. The van der Waals surface area contributed by atoms with E-state index in [1.54, 1.807) is 18.2 Å². The van der Waals surface area contributed by atoms with Crippen LogP contribution in [0.2, 0.25) is 5.02 Å². The van der Waals surface area contributed by atoms with Gasteiger partial charge in [0.1, 0.15) is 5.75 Å². The highest BCUT2D eigenvalue weighted by molar-refractivity contribution is 6.32. The van der Waals surface area contributed by atoms with E-state index in [0.717, 1.165) is 6.08 Å². The minimum absolute atomic E-state index is 0.124. The first kappa shape index (κ1) is 14.1. The van der Waals surface area contributed by atoms with Crippen LogP contribution in [0, 0.1) is 0 Å². The minimum atomic E-state index is -1.04. The molecule has 0 aliphatic rings. The van der Waals surface area contributed by atoms with Crippen LogP contribution in [0.15, 0.2) is 24.3 Å². The van der Waals surface area contributed by atoms with Crippen LogP contribution in [0.5, 0.6) is 5.75 Å². The molecule has 18 heavy (non-hydrogen) atoms. The molecule has 0 aliphatic heterocycles. The number of carboxylic acids is 1. The molecule has 0 spiro atoms. The summed E-state index contributed by atoms with van der Waals surface area (Å²) in [6.07, 6.45) is 2.42. The van der Waals surface area contributed by atoms with Gasteiger partial charge in [-0.15, -0.1) is 0 Å². The van der Waals surface area contributed by atoms with Crippen LogP contribution < -0.4 is 10.1 Å². The van der Waals surface area contributed by atoms with Crippen LogP contribution in [0.25, 0.3) is 6.08 Å². The molecule has 2 N–H and O–H groups in total. The second kappa shape index (κ2) is 6.66. The van der Waals surface area contributed by atoms with Crippen molar-refractivity contribution < 1.29 is 19.4 Å². The second-order valence-corrected chi connectivity index (χ2v) is 3.73. The minimum Gasteiger partial charge on any atom is -0.482 e. The van der Waals surface area contributed by atoms with Crippen LogP contribution in [0.3, 0.4) is 0 Å². The molecule has 1 aromatic carbocycles. The maximum atomic E-state index is 11.0. The molecule has 0 aliphatic carbocycles. The molecule has 0 radical (unpaired) electrons. The summed E-state index contributed by atoms with van der Waals surface area (Å²) < 4.78 is 5.19.